The fraction of sp³-hybridized carbons (Fsp3) is 0.333. The van der Waals surface area contributed by atoms with Crippen LogP contribution in [0.5, 0.6) is 0 Å². The van der Waals surface area contributed by atoms with E-state index in [1.54, 1.807) is 0 Å². The number of terminal acetylenes is 1. The molecule has 1 aromatic carbocycles. The summed E-state index contributed by atoms with van der Waals surface area (Å²) in [5.74, 6) is 2.50. The lowest BCUT2D eigenvalue weighted by atomic mass is 10.1. The number of halogens is 1. The van der Waals surface area contributed by atoms with E-state index in [-0.39, 0.29) is 6.10 Å². The van der Waals surface area contributed by atoms with Gasteiger partial charge in [-0.15, -0.1) is 6.42 Å². The highest BCUT2D eigenvalue weighted by Gasteiger charge is 2.30. The highest BCUT2D eigenvalue weighted by molar-refractivity contribution is 9.09. The molecule has 1 aliphatic rings. The Labute approximate surface area is 92.6 Å². The lowest BCUT2D eigenvalue weighted by molar-refractivity contribution is 0.0850. The van der Waals surface area contributed by atoms with Crippen molar-refractivity contribution < 1.29 is 4.74 Å². The summed E-state index contributed by atoms with van der Waals surface area (Å²) in [4.78, 5) is 0.355. The Morgan fingerprint density at radius 3 is 3.07 bits per heavy atom. The van der Waals surface area contributed by atoms with Crippen LogP contribution in [0.15, 0.2) is 24.3 Å². The molecule has 72 valence electrons. The summed E-state index contributed by atoms with van der Waals surface area (Å²) < 4.78 is 5.61. The molecule has 0 bridgehead atoms. The van der Waals surface area contributed by atoms with Crippen LogP contribution in [-0.4, -0.2) is 11.4 Å². The Morgan fingerprint density at radius 2 is 2.29 bits per heavy atom. The molecule has 0 fully saturated rings. The van der Waals surface area contributed by atoms with Crippen molar-refractivity contribution in [2.45, 2.75) is 17.4 Å². The van der Waals surface area contributed by atoms with Crippen LogP contribution in [0, 0.1) is 12.3 Å². The SMILES string of the molecule is C#CCOC1c2ccccc2CC1Br. The summed E-state index contributed by atoms with van der Waals surface area (Å²) in [6, 6.07) is 8.35. The van der Waals surface area contributed by atoms with E-state index >= 15 is 0 Å². The quantitative estimate of drug-likeness (QED) is 0.580. The maximum Gasteiger partial charge on any atom is 0.108 e. The van der Waals surface area contributed by atoms with Crippen LogP contribution in [0.25, 0.3) is 0 Å². The number of rotatable bonds is 2. The number of hydrogen-bond donors (Lipinski definition) is 0. The molecule has 1 aliphatic carbocycles. The van der Waals surface area contributed by atoms with E-state index in [4.69, 9.17) is 11.2 Å². The monoisotopic (exact) mass is 250 g/mol. The van der Waals surface area contributed by atoms with Crippen LogP contribution in [0.3, 0.4) is 0 Å². The largest absolute Gasteiger partial charge is 0.360 e. The van der Waals surface area contributed by atoms with Crippen molar-refractivity contribution >= 4 is 15.9 Å². The van der Waals surface area contributed by atoms with E-state index in [9.17, 15) is 0 Å². The molecule has 0 saturated carbocycles. The van der Waals surface area contributed by atoms with Crippen molar-refractivity contribution in [1.82, 2.24) is 0 Å². The number of alkyl halides is 1. The maximum absolute atomic E-state index is 5.61. The molecule has 0 aromatic heterocycles. The van der Waals surface area contributed by atoms with Crippen molar-refractivity contribution in [3.05, 3.63) is 35.4 Å². The van der Waals surface area contributed by atoms with Crippen molar-refractivity contribution in [2.75, 3.05) is 6.61 Å². The van der Waals surface area contributed by atoms with Gasteiger partial charge < -0.3 is 4.74 Å². The molecule has 2 atom stereocenters. The predicted octanol–water partition coefficient (Wildman–Crippen LogP) is 2.70. The molecular formula is C12H11BrO. The van der Waals surface area contributed by atoms with Gasteiger partial charge in [0.15, 0.2) is 0 Å². The van der Waals surface area contributed by atoms with Gasteiger partial charge in [0.1, 0.15) is 6.61 Å². The third-order valence-corrected chi connectivity index (χ3v) is 3.26. The minimum absolute atomic E-state index is 0.113. The fourth-order valence-corrected chi connectivity index (χ4v) is 2.63. The number of ether oxygens (including phenoxy) is 1. The van der Waals surface area contributed by atoms with Gasteiger partial charge in [0.25, 0.3) is 0 Å². The fourth-order valence-electron chi connectivity index (χ4n) is 1.84. The lowest BCUT2D eigenvalue weighted by Gasteiger charge is -2.14. The average molecular weight is 251 g/mol. The van der Waals surface area contributed by atoms with Gasteiger partial charge >= 0.3 is 0 Å². The van der Waals surface area contributed by atoms with Crippen molar-refractivity contribution in [1.29, 1.82) is 0 Å². The zero-order valence-corrected chi connectivity index (χ0v) is 9.33. The first-order valence-corrected chi connectivity index (χ1v) is 5.51. The van der Waals surface area contributed by atoms with Crippen LogP contribution in [-0.2, 0) is 11.2 Å². The van der Waals surface area contributed by atoms with Crippen LogP contribution in [0.1, 0.15) is 17.2 Å². The average Bonchev–Trinajstić information content (AvgIpc) is 2.51. The van der Waals surface area contributed by atoms with E-state index in [1.807, 2.05) is 6.07 Å². The molecule has 0 heterocycles. The van der Waals surface area contributed by atoms with Crippen molar-refractivity contribution in [3.8, 4) is 12.3 Å². The van der Waals surface area contributed by atoms with Crippen molar-refractivity contribution in [2.24, 2.45) is 0 Å². The molecule has 0 N–H and O–H groups in total. The first kappa shape index (κ1) is 9.76. The number of benzene rings is 1. The van der Waals surface area contributed by atoms with Gasteiger partial charge in [-0.25, -0.2) is 0 Å². The zero-order valence-electron chi connectivity index (χ0n) is 7.74. The summed E-state index contributed by atoms with van der Waals surface area (Å²) in [6.45, 7) is 0.376. The standard InChI is InChI=1S/C12H11BrO/c1-2-7-14-12-10-6-4-3-5-9(10)8-11(12)13/h1,3-6,11-12H,7-8H2. The first-order valence-electron chi connectivity index (χ1n) is 4.60. The molecule has 2 heteroatoms. The molecule has 1 nitrogen and oxygen atoms in total. The van der Waals surface area contributed by atoms with Gasteiger partial charge in [0.05, 0.1) is 6.10 Å². The normalized spacial score (nSPS) is 24.3. The summed E-state index contributed by atoms with van der Waals surface area (Å²) in [7, 11) is 0. The third kappa shape index (κ3) is 1.70. The van der Waals surface area contributed by atoms with Crippen molar-refractivity contribution in [3.63, 3.8) is 0 Å². The smallest absolute Gasteiger partial charge is 0.108 e. The molecule has 2 rings (SSSR count). The van der Waals surface area contributed by atoms with Crippen LogP contribution >= 0.6 is 15.9 Å². The minimum Gasteiger partial charge on any atom is -0.360 e. The molecular weight excluding hydrogens is 240 g/mol. The number of fused-ring (bicyclic) bond motifs is 1. The molecule has 0 spiro atoms. The molecule has 0 radical (unpaired) electrons. The van der Waals surface area contributed by atoms with Gasteiger partial charge in [-0.2, -0.15) is 0 Å². The van der Waals surface area contributed by atoms with E-state index in [0.717, 1.165) is 6.42 Å². The summed E-state index contributed by atoms with van der Waals surface area (Å²) in [6.07, 6.45) is 6.31. The highest BCUT2D eigenvalue weighted by atomic mass is 79.9. The molecule has 0 aliphatic heterocycles. The van der Waals surface area contributed by atoms with Gasteiger partial charge in [-0.05, 0) is 17.5 Å². The number of hydrogen-bond acceptors (Lipinski definition) is 1. The van der Waals surface area contributed by atoms with E-state index in [0.29, 0.717) is 11.4 Å². The van der Waals surface area contributed by atoms with Crippen LogP contribution < -0.4 is 0 Å². The van der Waals surface area contributed by atoms with E-state index in [2.05, 4.69) is 40.0 Å². The van der Waals surface area contributed by atoms with E-state index in [1.165, 1.54) is 11.1 Å². The molecule has 0 amide bonds. The molecule has 1 aromatic rings. The first-order chi connectivity index (χ1) is 6.83. The Kier molecular flexibility index (Phi) is 2.90. The minimum atomic E-state index is 0.113. The Bertz CT molecular complexity index is 367. The Morgan fingerprint density at radius 1 is 1.50 bits per heavy atom. The predicted molar refractivity (Wildman–Crippen MR) is 60.4 cm³/mol. The Balaban J connectivity index is 2.22. The highest BCUT2D eigenvalue weighted by Crippen LogP contribution is 2.38. The van der Waals surface area contributed by atoms with Crippen LogP contribution in [0.4, 0.5) is 0 Å². The second kappa shape index (κ2) is 4.16. The Hall–Kier alpha value is -0.780. The van der Waals surface area contributed by atoms with Crippen LogP contribution in [0.2, 0.25) is 0 Å². The maximum atomic E-state index is 5.61. The summed E-state index contributed by atoms with van der Waals surface area (Å²) >= 11 is 3.62. The third-order valence-electron chi connectivity index (χ3n) is 2.45. The zero-order chi connectivity index (χ0) is 9.97. The van der Waals surface area contributed by atoms with Gasteiger partial charge in [0.2, 0.25) is 0 Å². The van der Waals surface area contributed by atoms with Gasteiger partial charge in [0, 0.05) is 4.83 Å². The molecule has 0 saturated heterocycles. The summed E-state index contributed by atoms with van der Waals surface area (Å²) in [5.41, 5.74) is 2.63. The second-order valence-electron chi connectivity index (χ2n) is 3.35. The topological polar surface area (TPSA) is 9.23 Å². The van der Waals surface area contributed by atoms with Gasteiger partial charge in [-0.1, -0.05) is 46.1 Å². The summed E-state index contributed by atoms with van der Waals surface area (Å²) in [5, 5.41) is 0. The lowest BCUT2D eigenvalue weighted by Crippen LogP contribution is -2.10. The van der Waals surface area contributed by atoms with Gasteiger partial charge in [-0.3, -0.25) is 0 Å². The second-order valence-corrected chi connectivity index (χ2v) is 4.53. The van der Waals surface area contributed by atoms with E-state index < -0.39 is 0 Å². The molecule has 14 heavy (non-hydrogen) atoms. The molecule has 2 unspecified atom stereocenters.